The van der Waals surface area contributed by atoms with Gasteiger partial charge in [-0.05, 0) is 47.9 Å². The van der Waals surface area contributed by atoms with Gasteiger partial charge in [-0.1, -0.05) is 74.2 Å². The quantitative estimate of drug-likeness (QED) is 0.523. The zero-order valence-electron chi connectivity index (χ0n) is 17.9. The summed E-state index contributed by atoms with van der Waals surface area (Å²) in [7, 11) is 0. The number of carboxylic acid groups (broad SMARTS) is 1. The van der Waals surface area contributed by atoms with Crippen LogP contribution in [0.15, 0.2) is 48.5 Å². The first-order chi connectivity index (χ1) is 15.1. The second-order valence-corrected chi connectivity index (χ2v) is 8.89. The van der Waals surface area contributed by atoms with Crippen LogP contribution < -0.4 is 5.32 Å². The number of unbranched alkanes of at least 4 members (excludes halogenated alkanes) is 1. The number of aliphatic carboxylic acids is 1. The van der Waals surface area contributed by atoms with E-state index in [4.69, 9.17) is 9.84 Å². The van der Waals surface area contributed by atoms with E-state index in [9.17, 15) is 9.59 Å². The van der Waals surface area contributed by atoms with Crippen molar-refractivity contribution in [2.75, 3.05) is 6.61 Å². The number of nitrogens with one attached hydrogen (secondary N) is 1. The van der Waals surface area contributed by atoms with Gasteiger partial charge in [0.15, 0.2) is 0 Å². The van der Waals surface area contributed by atoms with Gasteiger partial charge in [-0.3, -0.25) is 4.79 Å². The zero-order valence-corrected chi connectivity index (χ0v) is 17.9. The summed E-state index contributed by atoms with van der Waals surface area (Å²) in [5, 5.41) is 12.1. The Balaban J connectivity index is 1.39. The Morgan fingerprint density at radius 3 is 2.16 bits per heavy atom. The van der Waals surface area contributed by atoms with Crippen molar-refractivity contribution >= 4 is 12.1 Å². The van der Waals surface area contributed by atoms with Gasteiger partial charge in [-0.15, -0.1) is 0 Å². The molecule has 2 aliphatic carbocycles. The van der Waals surface area contributed by atoms with Crippen LogP contribution in [0.3, 0.4) is 0 Å². The molecule has 5 nitrogen and oxygen atoms in total. The molecule has 1 amide bonds. The third-order valence-corrected chi connectivity index (χ3v) is 6.82. The number of hydrogen-bond acceptors (Lipinski definition) is 3. The molecule has 5 heteroatoms. The van der Waals surface area contributed by atoms with Gasteiger partial charge in [0.05, 0.1) is 0 Å². The highest BCUT2D eigenvalue weighted by Crippen LogP contribution is 2.44. The molecule has 0 unspecified atom stereocenters. The van der Waals surface area contributed by atoms with Crippen molar-refractivity contribution in [3.63, 3.8) is 0 Å². The topological polar surface area (TPSA) is 75.6 Å². The Morgan fingerprint density at radius 1 is 0.935 bits per heavy atom. The number of rotatable bonds is 8. The SMILES string of the molecule is O=C(O)CCCCC1(NC(=O)OCC2c3ccccc3-c3ccccc32)CCCCC1. The minimum Gasteiger partial charge on any atom is -0.481 e. The van der Waals surface area contributed by atoms with Crippen LogP contribution >= 0.6 is 0 Å². The third-order valence-electron chi connectivity index (χ3n) is 6.82. The smallest absolute Gasteiger partial charge is 0.407 e. The second kappa shape index (κ2) is 9.54. The number of carbonyl (C=O) groups excluding carboxylic acids is 1. The van der Waals surface area contributed by atoms with Crippen molar-refractivity contribution in [2.24, 2.45) is 0 Å². The van der Waals surface area contributed by atoms with Gasteiger partial charge in [-0.2, -0.15) is 0 Å². The molecule has 0 spiro atoms. The predicted octanol–water partition coefficient (Wildman–Crippen LogP) is 5.87. The fraction of sp³-hybridized carbons (Fsp3) is 0.462. The van der Waals surface area contributed by atoms with E-state index in [1.807, 2.05) is 24.3 Å². The van der Waals surface area contributed by atoms with Gasteiger partial charge >= 0.3 is 12.1 Å². The fourth-order valence-electron chi connectivity index (χ4n) is 5.26. The Hall–Kier alpha value is -2.82. The number of carbonyl (C=O) groups is 2. The van der Waals surface area contributed by atoms with Gasteiger partial charge in [0.2, 0.25) is 0 Å². The summed E-state index contributed by atoms with van der Waals surface area (Å²) in [6, 6.07) is 16.6. The molecular weight excluding hydrogens is 390 g/mol. The van der Waals surface area contributed by atoms with E-state index < -0.39 is 5.97 Å². The minimum absolute atomic E-state index is 0.0519. The Morgan fingerprint density at radius 2 is 1.55 bits per heavy atom. The van der Waals surface area contributed by atoms with E-state index in [-0.39, 0.29) is 24.0 Å². The molecule has 0 heterocycles. The van der Waals surface area contributed by atoms with E-state index in [1.54, 1.807) is 0 Å². The number of benzene rings is 2. The molecule has 2 aromatic rings. The molecule has 31 heavy (non-hydrogen) atoms. The highest BCUT2D eigenvalue weighted by molar-refractivity contribution is 5.79. The summed E-state index contributed by atoms with van der Waals surface area (Å²) in [4.78, 5) is 23.6. The third kappa shape index (κ3) is 4.92. The zero-order chi connectivity index (χ0) is 21.7. The molecule has 0 saturated heterocycles. The van der Waals surface area contributed by atoms with Crippen LogP contribution in [0.1, 0.15) is 74.8 Å². The monoisotopic (exact) mass is 421 g/mol. The van der Waals surface area contributed by atoms with Crippen LogP contribution in [0.4, 0.5) is 4.79 Å². The lowest BCUT2D eigenvalue weighted by atomic mass is 9.78. The highest BCUT2D eigenvalue weighted by Gasteiger charge is 2.34. The molecule has 2 aromatic carbocycles. The minimum atomic E-state index is -0.762. The number of carboxylic acids is 1. The van der Waals surface area contributed by atoms with Crippen LogP contribution in [0, 0.1) is 0 Å². The number of hydrogen-bond donors (Lipinski definition) is 2. The molecule has 0 atom stereocenters. The molecular formula is C26H31NO4. The van der Waals surface area contributed by atoms with Gasteiger partial charge in [0.25, 0.3) is 0 Å². The number of alkyl carbamates (subject to hydrolysis) is 1. The van der Waals surface area contributed by atoms with Gasteiger partial charge in [0.1, 0.15) is 6.61 Å². The summed E-state index contributed by atoms with van der Waals surface area (Å²) >= 11 is 0. The van der Waals surface area contributed by atoms with Gasteiger partial charge in [0, 0.05) is 17.9 Å². The first kappa shape index (κ1) is 21.4. The largest absolute Gasteiger partial charge is 0.481 e. The summed E-state index contributed by atoms with van der Waals surface area (Å²) in [5.41, 5.74) is 4.58. The lowest BCUT2D eigenvalue weighted by Gasteiger charge is -2.38. The number of ether oxygens (including phenoxy) is 1. The molecule has 2 N–H and O–H groups in total. The lowest BCUT2D eigenvalue weighted by molar-refractivity contribution is -0.137. The fourth-order valence-corrected chi connectivity index (χ4v) is 5.26. The van der Waals surface area contributed by atoms with Gasteiger partial charge < -0.3 is 15.2 Å². The molecule has 0 aliphatic heterocycles. The van der Waals surface area contributed by atoms with Crippen molar-refractivity contribution in [2.45, 2.75) is 69.2 Å². The maximum Gasteiger partial charge on any atom is 0.407 e. The van der Waals surface area contributed by atoms with E-state index in [2.05, 4.69) is 29.6 Å². The summed E-state index contributed by atoms with van der Waals surface area (Å²) in [6.45, 7) is 0.314. The second-order valence-electron chi connectivity index (χ2n) is 8.89. The van der Waals surface area contributed by atoms with Gasteiger partial charge in [-0.25, -0.2) is 4.79 Å². The van der Waals surface area contributed by atoms with Crippen LogP contribution in [0.25, 0.3) is 11.1 Å². The molecule has 0 aromatic heterocycles. The normalized spacial score (nSPS) is 16.9. The maximum absolute atomic E-state index is 12.8. The van der Waals surface area contributed by atoms with Crippen LogP contribution in [0.5, 0.6) is 0 Å². The van der Waals surface area contributed by atoms with Crippen LogP contribution in [-0.2, 0) is 9.53 Å². The average Bonchev–Trinajstić information content (AvgIpc) is 3.10. The summed E-state index contributed by atoms with van der Waals surface area (Å²) in [6.07, 6.45) is 7.30. The van der Waals surface area contributed by atoms with Crippen LogP contribution in [0.2, 0.25) is 0 Å². The summed E-state index contributed by atoms with van der Waals surface area (Å²) in [5.74, 6) is -0.710. The molecule has 1 fully saturated rings. The molecule has 164 valence electrons. The van der Waals surface area contributed by atoms with Crippen molar-refractivity contribution in [3.05, 3.63) is 59.7 Å². The summed E-state index contributed by atoms with van der Waals surface area (Å²) < 4.78 is 5.77. The Labute approximate surface area is 183 Å². The Bertz CT molecular complexity index is 887. The number of amides is 1. The van der Waals surface area contributed by atoms with Crippen LogP contribution in [-0.4, -0.2) is 29.3 Å². The van der Waals surface area contributed by atoms with Crippen molar-refractivity contribution in [3.8, 4) is 11.1 Å². The first-order valence-corrected chi connectivity index (χ1v) is 11.4. The van der Waals surface area contributed by atoms with E-state index in [0.717, 1.165) is 38.5 Å². The molecule has 0 radical (unpaired) electrons. The van der Waals surface area contributed by atoms with E-state index in [0.29, 0.717) is 13.0 Å². The van der Waals surface area contributed by atoms with E-state index in [1.165, 1.54) is 28.7 Å². The first-order valence-electron chi connectivity index (χ1n) is 11.4. The predicted molar refractivity (Wildman–Crippen MR) is 120 cm³/mol. The average molecular weight is 422 g/mol. The molecule has 4 rings (SSSR count). The molecule has 1 saturated carbocycles. The molecule has 0 bridgehead atoms. The lowest BCUT2D eigenvalue weighted by Crippen LogP contribution is -2.50. The van der Waals surface area contributed by atoms with Crippen molar-refractivity contribution in [1.82, 2.24) is 5.32 Å². The van der Waals surface area contributed by atoms with Crippen molar-refractivity contribution < 1.29 is 19.4 Å². The van der Waals surface area contributed by atoms with E-state index >= 15 is 0 Å². The number of fused-ring (bicyclic) bond motifs is 3. The Kier molecular flexibility index (Phi) is 6.59. The maximum atomic E-state index is 12.8. The standard InChI is InChI=1S/C26H31NO4/c28-24(29)14-6-9-17-26(15-7-1-8-16-26)27-25(30)31-18-23-21-12-4-2-10-19(21)20-11-3-5-13-22(20)23/h2-5,10-13,23H,1,6-9,14-18H2,(H,27,30)(H,28,29). The highest BCUT2D eigenvalue weighted by atomic mass is 16.5. The molecule has 2 aliphatic rings. The van der Waals surface area contributed by atoms with Crippen molar-refractivity contribution in [1.29, 1.82) is 0 Å².